The maximum atomic E-state index is 12.1. The van der Waals surface area contributed by atoms with Crippen molar-refractivity contribution in [3.05, 3.63) is 5.82 Å². The number of aryl methyl sites for hydroxylation is 1. The smallest absolute Gasteiger partial charge is 0.244 e. The lowest BCUT2D eigenvalue weighted by Crippen LogP contribution is -2.52. The first-order chi connectivity index (χ1) is 11.4. The van der Waals surface area contributed by atoms with Gasteiger partial charge in [0, 0.05) is 58.2 Å². The van der Waals surface area contributed by atoms with Crippen molar-refractivity contribution >= 4 is 28.5 Å². The van der Waals surface area contributed by atoms with E-state index in [1.807, 2.05) is 6.92 Å². The number of anilines is 1. The van der Waals surface area contributed by atoms with Crippen molar-refractivity contribution in [1.82, 2.24) is 24.5 Å². The van der Waals surface area contributed by atoms with E-state index >= 15 is 0 Å². The highest BCUT2D eigenvalue weighted by Crippen LogP contribution is 2.19. The number of likely N-dealkylation sites (N-methyl/N-ethyl adjacent to an activating group) is 1. The van der Waals surface area contributed by atoms with Crippen molar-refractivity contribution in [2.24, 2.45) is 0 Å². The van der Waals surface area contributed by atoms with Gasteiger partial charge in [0.1, 0.15) is 11.9 Å². The molecular weight excluding hydrogens is 328 g/mol. The molecule has 0 aromatic carbocycles. The van der Waals surface area contributed by atoms with Gasteiger partial charge < -0.3 is 15.1 Å². The molecule has 1 aliphatic heterocycles. The molecule has 1 fully saturated rings. The van der Waals surface area contributed by atoms with E-state index in [4.69, 9.17) is 0 Å². The molecule has 1 N–H and O–H groups in total. The van der Waals surface area contributed by atoms with Gasteiger partial charge in [0.2, 0.25) is 16.9 Å². The number of carbonyl (C=O) groups is 2. The maximum Gasteiger partial charge on any atom is 0.244 e. The van der Waals surface area contributed by atoms with Crippen LogP contribution in [0.25, 0.3) is 0 Å². The Balaban J connectivity index is 1.76. The molecule has 1 unspecified atom stereocenters. The summed E-state index contributed by atoms with van der Waals surface area (Å²) in [6, 6.07) is -0.498. The van der Waals surface area contributed by atoms with Gasteiger partial charge in [-0.1, -0.05) is 6.92 Å². The van der Waals surface area contributed by atoms with Crippen molar-refractivity contribution in [2.75, 3.05) is 51.7 Å². The molecule has 2 heterocycles. The van der Waals surface area contributed by atoms with Gasteiger partial charge in [-0.15, -0.1) is 0 Å². The van der Waals surface area contributed by atoms with Crippen molar-refractivity contribution in [3.63, 3.8) is 0 Å². The molecule has 0 bridgehead atoms. The zero-order chi connectivity index (χ0) is 17.7. The molecule has 1 saturated heterocycles. The van der Waals surface area contributed by atoms with Crippen LogP contribution < -0.4 is 10.2 Å². The number of piperazine rings is 1. The topological polar surface area (TPSA) is 81.7 Å². The monoisotopic (exact) mass is 354 g/mol. The minimum atomic E-state index is -0.498. The Labute approximate surface area is 147 Å². The number of hydrogen-bond donors (Lipinski definition) is 1. The number of nitrogens with one attached hydrogen (secondary N) is 1. The molecule has 134 valence electrons. The van der Waals surface area contributed by atoms with Crippen molar-refractivity contribution < 1.29 is 9.59 Å². The summed E-state index contributed by atoms with van der Waals surface area (Å²) in [7, 11) is 3.36. The maximum absolute atomic E-state index is 12.1. The standard InChI is InChI=1S/C15H26N6O2S/c1-5-12-17-15(24-18-12)21-8-6-20(7-9-21)10-13(22)16-11(2)14(23)19(3)4/h11H,5-10H2,1-4H3,(H,16,22). The summed E-state index contributed by atoms with van der Waals surface area (Å²) in [5.41, 5.74) is 0. The van der Waals surface area contributed by atoms with Gasteiger partial charge in [0.05, 0.1) is 6.54 Å². The van der Waals surface area contributed by atoms with E-state index in [1.165, 1.54) is 16.4 Å². The lowest BCUT2D eigenvalue weighted by Gasteiger charge is -2.34. The summed E-state index contributed by atoms with van der Waals surface area (Å²) >= 11 is 1.43. The molecule has 2 rings (SSSR count). The molecule has 0 aliphatic carbocycles. The van der Waals surface area contributed by atoms with E-state index in [2.05, 4.69) is 24.5 Å². The fourth-order valence-corrected chi connectivity index (χ4v) is 3.35. The Morgan fingerprint density at radius 2 is 1.96 bits per heavy atom. The van der Waals surface area contributed by atoms with Gasteiger partial charge in [-0.05, 0) is 6.92 Å². The molecular formula is C15H26N6O2S. The Morgan fingerprint density at radius 3 is 2.50 bits per heavy atom. The Morgan fingerprint density at radius 1 is 1.29 bits per heavy atom. The summed E-state index contributed by atoms with van der Waals surface area (Å²) in [5, 5.41) is 3.72. The van der Waals surface area contributed by atoms with Crippen LogP contribution in [0.3, 0.4) is 0 Å². The third-order valence-electron chi connectivity index (χ3n) is 3.97. The molecule has 0 radical (unpaired) electrons. The van der Waals surface area contributed by atoms with Crippen LogP contribution in [0.5, 0.6) is 0 Å². The number of nitrogens with zero attached hydrogens (tertiary/aromatic N) is 5. The van der Waals surface area contributed by atoms with Gasteiger partial charge in [-0.3, -0.25) is 14.5 Å². The first kappa shape index (κ1) is 18.6. The van der Waals surface area contributed by atoms with Crippen LogP contribution >= 0.6 is 11.5 Å². The summed E-state index contributed by atoms with van der Waals surface area (Å²) in [5.74, 6) is 0.669. The van der Waals surface area contributed by atoms with Gasteiger partial charge in [-0.2, -0.15) is 4.37 Å². The first-order valence-corrected chi connectivity index (χ1v) is 8.98. The minimum Gasteiger partial charge on any atom is -0.347 e. The van der Waals surface area contributed by atoms with Crippen LogP contribution in [0, 0.1) is 0 Å². The highest BCUT2D eigenvalue weighted by Gasteiger charge is 2.23. The summed E-state index contributed by atoms with van der Waals surface area (Å²) in [4.78, 5) is 34.2. The lowest BCUT2D eigenvalue weighted by atomic mass is 10.3. The molecule has 1 aliphatic rings. The molecule has 0 saturated carbocycles. The van der Waals surface area contributed by atoms with Crippen LogP contribution in [0.15, 0.2) is 0 Å². The van der Waals surface area contributed by atoms with Crippen molar-refractivity contribution in [1.29, 1.82) is 0 Å². The first-order valence-electron chi connectivity index (χ1n) is 8.21. The van der Waals surface area contributed by atoms with Crippen LogP contribution in [-0.2, 0) is 16.0 Å². The van der Waals surface area contributed by atoms with E-state index < -0.39 is 6.04 Å². The second kappa shape index (κ2) is 8.39. The minimum absolute atomic E-state index is 0.101. The summed E-state index contributed by atoms with van der Waals surface area (Å²) in [6.07, 6.45) is 0.848. The van der Waals surface area contributed by atoms with Gasteiger partial charge in [0.25, 0.3) is 0 Å². The Hall–Kier alpha value is -1.74. The van der Waals surface area contributed by atoms with E-state index in [1.54, 1.807) is 21.0 Å². The van der Waals surface area contributed by atoms with Crippen LogP contribution in [0.4, 0.5) is 5.13 Å². The van der Waals surface area contributed by atoms with E-state index in [-0.39, 0.29) is 11.8 Å². The van der Waals surface area contributed by atoms with Crippen LogP contribution in [-0.4, -0.2) is 83.8 Å². The number of rotatable bonds is 6. The highest BCUT2D eigenvalue weighted by molar-refractivity contribution is 7.09. The Bertz CT molecular complexity index is 568. The molecule has 8 nitrogen and oxygen atoms in total. The molecule has 24 heavy (non-hydrogen) atoms. The quantitative estimate of drug-likeness (QED) is 0.763. The summed E-state index contributed by atoms with van der Waals surface area (Å²) in [6.45, 7) is 7.32. The second-order valence-corrected chi connectivity index (χ2v) is 6.86. The fourth-order valence-electron chi connectivity index (χ4n) is 2.55. The average molecular weight is 354 g/mol. The highest BCUT2D eigenvalue weighted by atomic mass is 32.1. The SMILES string of the molecule is CCc1nsc(N2CCN(CC(=O)NC(C)C(=O)N(C)C)CC2)n1. The molecule has 1 atom stereocenters. The zero-order valence-electron chi connectivity index (χ0n) is 14.8. The van der Waals surface area contributed by atoms with Crippen molar-refractivity contribution in [2.45, 2.75) is 26.3 Å². The number of hydrogen-bond acceptors (Lipinski definition) is 7. The van der Waals surface area contributed by atoms with Crippen LogP contribution in [0.2, 0.25) is 0 Å². The molecule has 1 aromatic rings. The normalized spacial score (nSPS) is 16.8. The second-order valence-electron chi connectivity index (χ2n) is 6.13. The van der Waals surface area contributed by atoms with Gasteiger partial charge >= 0.3 is 0 Å². The number of carbonyl (C=O) groups excluding carboxylic acids is 2. The number of amides is 2. The largest absolute Gasteiger partial charge is 0.347 e. The zero-order valence-corrected chi connectivity index (χ0v) is 15.6. The molecule has 0 spiro atoms. The van der Waals surface area contributed by atoms with Gasteiger partial charge in [0.15, 0.2) is 0 Å². The average Bonchev–Trinajstić information content (AvgIpc) is 3.03. The van der Waals surface area contributed by atoms with Crippen molar-refractivity contribution in [3.8, 4) is 0 Å². The third-order valence-corrected chi connectivity index (χ3v) is 4.79. The molecule has 2 amide bonds. The molecule has 1 aromatic heterocycles. The van der Waals surface area contributed by atoms with Gasteiger partial charge in [-0.25, -0.2) is 4.98 Å². The van der Waals surface area contributed by atoms with E-state index in [9.17, 15) is 9.59 Å². The van der Waals surface area contributed by atoms with Crippen LogP contribution in [0.1, 0.15) is 19.7 Å². The van der Waals surface area contributed by atoms with E-state index in [0.717, 1.165) is 43.6 Å². The number of aromatic nitrogens is 2. The molecule has 9 heteroatoms. The predicted molar refractivity (Wildman–Crippen MR) is 94.2 cm³/mol. The lowest BCUT2D eigenvalue weighted by molar-refractivity contribution is -0.134. The third kappa shape index (κ3) is 4.88. The fraction of sp³-hybridized carbons (Fsp3) is 0.733. The predicted octanol–water partition coefficient (Wildman–Crippen LogP) is -0.185. The van der Waals surface area contributed by atoms with E-state index in [0.29, 0.717) is 6.54 Å². The summed E-state index contributed by atoms with van der Waals surface area (Å²) < 4.78 is 4.32. The Kier molecular flexibility index (Phi) is 6.50.